The molecule has 1 aliphatic rings. The van der Waals surface area contributed by atoms with Crippen molar-refractivity contribution in [2.24, 2.45) is 11.1 Å². The van der Waals surface area contributed by atoms with Crippen LogP contribution < -0.4 is 11.1 Å². The Morgan fingerprint density at radius 3 is 2.61 bits per heavy atom. The van der Waals surface area contributed by atoms with E-state index in [1.165, 1.54) is 24.3 Å². The summed E-state index contributed by atoms with van der Waals surface area (Å²) in [4.78, 5) is 28.0. The van der Waals surface area contributed by atoms with E-state index in [9.17, 15) is 18.4 Å². The van der Waals surface area contributed by atoms with Gasteiger partial charge in [0.05, 0.1) is 11.2 Å². The fourth-order valence-electron chi connectivity index (χ4n) is 3.91. The van der Waals surface area contributed by atoms with Gasteiger partial charge in [-0.05, 0) is 49.2 Å². The van der Waals surface area contributed by atoms with Crippen molar-refractivity contribution >= 4 is 22.7 Å². The molecule has 0 spiro atoms. The van der Waals surface area contributed by atoms with Crippen molar-refractivity contribution in [3.63, 3.8) is 0 Å². The molecule has 8 nitrogen and oxygen atoms in total. The van der Waals surface area contributed by atoms with Crippen molar-refractivity contribution < 1.29 is 22.9 Å². The molecular formula is C23H19F2N5O3. The molecule has 0 saturated heterocycles. The number of benzene rings is 2. The van der Waals surface area contributed by atoms with Crippen molar-refractivity contribution in [3.8, 4) is 17.2 Å². The van der Waals surface area contributed by atoms with Crippen LogP contribution in [0.2, 0.25) is 0 Å². The fourth-order valence-corrected chi connectivity index (χ4v) is 3.91. The van der Waals surface area contributed by atoms with Gasteiger partial charge in [-0.1, -0.05) is 11.2 Å². The minimum Gasteiger partial charge on any atom is -0.369 e. The van der Waals surface area contributed by atoms with Gasteiger partial charge in [0.1, 0.15) is 17.0 Å². The zero-order valence-corrected chi connectivity index (χ0v) is 17.6. The third-order valence-electron chi connectivity index (χ3n) is 5.91. The van der Waals surface area contributed by atoms with E-state index in [1.807, 2.05) is 0 Å². The molecule has 2 amide bonds. The number of nitrogens with two attached hydrogens (primary N) is 1. The number of primary amides is 1. The first kappa shape index (κ1) is 20.8. The van der Waals surface area contributed by atoms with Crippen molar-refractivity contribution in [3.05, 3.63) is 65.6 Å². The van der Waals surface area contributed by atoms with E-state index in [-0.39, 0.29) is 17.9 Å². The first-order valence-corrected chi connectivity index (χ1v) is 10.3. The average molecular weight is 451 g/mol. The number of carbonyl (C=O) groups excluding carboxylic acids is 2. The summed E-state index contributed by atoms with van der Waals surface area (Å²) in [6, 6.07) is 10.5. The highest BCUT2D eigenvalue weighted by molar-refractivity contribution is 6.07. The van der Waals surface area contributed by atoms with Crippen LogP contribution in [0.5, 0.6) is 0 Å². The first-order chi connectivity index (χ1) is 15.8. The van der Waals surface area contributed by atoms with Crippen LogP contribution in [0.1, 0.15) is 24.3 Å². The fraction of sp³-hybridized carbons (Fsp3) is 0.217. The lowest BCUT2D eigenvalue weighted by Crippen LogP contribution is -2.40. The van der Waals surface area contributed by atoms with Crippen LogP contribution in [0, 0.1) is 24.0 Å². The SMILES string of the molecule is Cc1nc(-c2cc3cc(F)ccc3n2-c2ccc(CNC(=O)C3(C(N)=O)CC3)c(F)c2)no1. The Morgan fingerprint density at radius 1 is 1.18 bits per heavy atom. The summed E-state index contributed by atoms with van der Waals surface area (Å²) in [5.74, 6) is -1.49. The molecule has 1 saturated carbocycles. The van der Waals surface area contributed by atoms with Crippen molar-refractivity contribution in [1.82, 2.24) is 20.0 Å². The Hall–Kier alpha value is -4.08. The molecular weight excluding hydrogens is 432 g/mol. The third-order valence-corrected chi connectivity index (χ3v) is 5.91. The molecule has 4 aromatic rings. The molecule has 2 heterocycles. The van der Waals surface area contributed by atoms with Gasteiger partial charge >= 0.3 is 0 Å². The van der Waals surface area contributed by atoms with Crippen molar-refractivity contribution in [2.45, 2.75) is 26.3 Å². The van der Waals surface area contributed by atoms with Gasteiger partial charge in [0.25, 0.3) is 0 Å². The monoisotopic (exact) mass is 451 g/mol. The van der Waals surface area contributed by atoms with E-state index in [0.717, 1.165) is 0 Å². The summed E-state index contributed by atoms with van der Waals surface area (Å²) in [5.41, 5.74) is 5.97. The Labute approximate surface area is 186 Å². The van der Waals surface area contributed by atoms with Gasteiger partial charge in [0, 0.05) is 30.1 Å². The molecule has 0 radical (unpaired) electrons. The Bertz CT molecular complexity index is 1420. The summed E-state index contributed by atoms with van der Waals surface area (Å²) >= 11 is 0. The van der Waals surface area contributed by atoms with Crippen molar-refractivity contribution in [1.29, 1.82) is 0 Å². The predicted octanol–water partition coefficient (Wildman–Crippen LogP) is 3.15. The van der Waals surface area contributed by atoms with E-state index in [2.05, 4.69) is 15.5 Å². The third kappa shape index (κ3) is 3.53. The van der Waals surface area contributed by atoms with Gasteiger partial charge < -0.3 is 20.1 Å². The van der Waals surface area contributed by atoms with Crippen LogP contribution in [0.15, 0.2) is 47.0 Å². The quantitative estimate of drug-likeness (QED) is 0.437. The largest absolute Gasteiger partial charge is 0.369 e. The highest BCUT2D eigenvalue weighted by Gasteiger charge is 2.55. The van der Waals surface area contributed by atoms with Crippen LogP contribution >= 0.6 is 0 Å². The van der Waals surface area contributed by atoms with Crippen LogP contribution in [0.4, 0.5) is 8.78 Å². The topological polar surface area (TPSA) is 116 Å². The van der Waals surface area contributed by atoms with Gasteiger partial charge in [-0.15, -0.1) is 0 Å². The number of nitrogens with zero attached hydrogens (tertiary/aromatic N) is 3. The number of hydrogen-bond acceptors (Lipinski definition) is 5. The van der Waals surface area contributed by atoms with Gasteiger partial charge in [-0.2, -0.15) is 4.98 Å². The number of aryl methyl sites for hydroxylation is 1. The molecule has 0 unspecified atom stereocenters. The van der Waals surface area contributed by atoms with Gasteiger partial charge in [0.15, 0.2) is 0 Å². The second-order valence-electron chi connectivity index (χ2n) is 8.11. The highest BCUT2D eigenvalue weighted by atomic mass is 19.1. The van der Waals surface area contributed by atoms with Crippen LogP contribution in [0.3, 0.4) is 0 Å². The lowest BCUT2D eigenvalue weighted by molar-refractivity contribution is -0.135. The molecule has 1 aliphatic carbocycles. The van der Waals surface area contributed by atoms with Crippen LogP contribution in [-0.4, -0.2) is 26.5 Å². The first-order valence-electron chi connectivity index (χ1n) is 10.3. The highest BCUT2D eigenvalue weighted by Crippen LogP contribution is 2.45. The average Bonchev–Trinajstić information content (AvgIpc) is 3.36. The van der Waals surface area contributed by atoms with E-state index in [1.54, 1.807) is 29.7 Å². The Kier molecular flexibility index (Phi) is 4.73. The minimum absolute atomic E-state index is 0.0888. The number of rotatable bonds is 6. The second-order valence-corrected chi connectivity index (χ2v) is 8.11. The molecule has 168 valence electrons. The molecule has 33 heavy (non-hydrogen) atoms. The number of fused-ring (bicyclic) bond motifs is 1. The molecule has 2 aromatic heterocycles. The standard InChI is InChI=1S/C23H19F2N5O3/c1-12-28-20(29-33-12)19-9-14-8-15(24)3-5-18(14)30(19)16-4-2-13(17(25)10-16)11-27-22(32)23(6-7-23)21(26)31/h2-5,8-10H,6-7,11H2,1H3,(H2,26,31)(H,27,32). The number of halogens is 2. The molecule has 3 N–H and O–H groups in total. The molecule has 2 aromatic carbocycles. The van der Waals surface area contributed by atoms with E-state index in [4.69, 9.17) is 10.3 Å². The van der Waals surface area contributed by atoms with Crippen LogP contribution in [-0.2, 0) is 16.1 Å². The van der Waals surface area contributed by atoms with E-state index >= 15 is 0 Å². The number of aromatic nitrogens is 3. The molecule has 10 heteroatoms. The second kappa shape index (κ2) is 7.51. The number of carbonyl (C=O) groups is 2. The van der Waals surface area contributed by atoms with Gasteiger partial charge in [0.2, 0.25) is 23.5 Å². The number of amides is 2. The summed E-state index contributed by atoms with van der Waals surface area (Å²) in [6.07, 6.45) is 0.796. The molecule has 5 rings (SSSR count). The van der Waals surface area contributed by atoms with E-state index in [0.29, 0.717) is 41.0 Å². The molecule has 1 fully saturated rings. The summed E-state index contributed by atoms with van der Waals surface area (Å²) < 4.78 is 35.6. The van der Waals surface area contributed by atoms with Gasteiger partial charge in [-0.3, -0.25) is 9.59 Å². The Morgan fingerprint density at radius 2 is 1.97 bits per heavy atom. The van der Waals surface area contributed by atoms with Crippen LogP contribution in [0.25, 0.3) is 28.1 Å². The number of nitrogens with one attached hydrogen (secondary N) is 1. The minimum atomic E-state index is -1.17. The lowest BCUT2D eigenvalue weighted by atomic mass is 10.1. The summed E-state index contributed by atoms with van der Waals surface area (Å²) in [5, 5.41) is 7.12. The maximum atomic E-state index is 15.0. The number of hydrogen-bond donors (Lipinski definition) is 2. The predicted molar refractivity (Wildman–Crippen MR) is 114 cm³/mol. The zero-order valence-electron chi connectivity index (χ0n) is 17.6. The molecule has 0 atom stereocenters. The maximum absolute atomic E-state index is 15.0. The summed E-state index contributed by atoms with van der Waals surface area (Å²) in [6.45, 7) is 1.56. The lowest BCUT2D eigenvalue weighted by Gasteiger charge is -2.14. The zero-order chi connectivity index (χ0) is 23.3. The molecule has 0 bridgehead atoms. The molecule has 0 aliphatic heterocycles. The smallest absolute Gasteiger partial charge is 0.235 e. The normalized spacial score (nSPS) is 14.4. The maximum Gasteiger partial charge on any atom is 0.235 e. The van der Waals surface area contributed by atoms with Crippen molar-refractivity contribution in [2.75, 3.05) is 0 Å². The van der Waals surface area contributed by atoms with E-state index < -0.39 is 28.9 Å². The summed E-state index contributed by atoms with van der Waals surface area (Å²) in [7, 11) is 0. The Balaban J connectivity index is 1.50. The van der Waals surface area contributed by atoms with Gasteiger partial charge in [-0.25, -0.2) is 8.78 Å².